The van der Waals surface area contributed by atoms with Crippen molar-refractivity contribution in [3.8, 4) is 78.9 Å². The summed E-state index contributed by atoms with van der Waals surface area (Å²) < 4.78 is 4.74. The Bertz CT molecular complexity index is 3990. The highest BCUT2D eigenvalue weighted by Gasteiger charge is 2.25. The van der Waals surface area contributed by atoms with Crippen LogP contribution in [-0.4, -0.2) is 24.1 Å². The Kier molecular flexibility index (Phi) is 9.43. The van der Waals surface area contributed by atoms with E-state index in [2.05, 4.69) is 234 Å². The van der Waals surface area contributed by atoms with Gasteiger partial charge in [0.15, 0.2) is 11.6 Å². The maximum Gasteiger partial charge on any atom is 0.238 e. The summed E-state index contributed by atoms with van der Waals surface area (Å²) >= 11 is 0. The molecule has 0 spiro atoms. The van der Waals surface area contributed by atoms with Crippen LogP contribution in [0.15, 0.2) is 249 Å². The number of aromatic nitrogens is 5. The average Bonchev–Trinajstić information content (AvgIpc) is 3.95. The van der Waals surface area contributed by atoms with Crippen LogP contribution in [-0.2, 0) is 0 Å². The zero-order valence-corrected chi connectivity index (χ0v) is 36.9. The lowest BCUT2D eigenvalue weighted by molar-refractivity contribution is 0.953. The molecule has 0 atom stereocenters. The summed E-state index contributed by atoms with van der Waals surface area (Å²) in [4.78, 5) is 15.9. The van der Waals surface area contributed by atoms with Crippen molar-refractivity contribution in [2.24, 2.45) is 0 Å². The van der Waals surface area contributed by atoms with Gasteiger partial charge in [0.05, 0.1) is 27.8 Å². The third kappa shape index (κ3) is 6.68. The third-order valence-electron chi connectivity index (χ3n) is 13.2. The lowest BCUT2D eigenvalue weighted by atomic mass is 9.95. The molecule has 3 aromatic heterocycles. The first-order valence-electron chi connectivity index (χ1n) is 23.0. The molecule has 13 rings (SSSR count). The van der Waals surface area contributed by atoms with Crippen LogP contribution in [0.2, 0.25) is 0 Å². The molecule has 0 N–H and O–H groups in total. The fraction of sp³-hybridized carbons (Fsp3) is 0. The minimum Gasteiger partial charge on any atom is -0.307 e. The summed E-state index contributed by atoms with van der Waals surface area (Å²) in [5.41, 5.74) is 16.4. The molecule has 0 radical (unpaired) electrons. The molecule has 0 fully saturated rings. The first kappa shape index (κ1) is 39.2. The van der Waals surface area contributed by atoms with Gasteiger partial charge >= 0.3 is 0 Å². The first-order chi connectivity index (χ1) is 33.7. The zero-order valence-electron chi connectivity index (χ0n) is 36.9. The molecule has 13 aromatic rings. The van der Waals surface area contributed by atoms with Crippen LogP contribution < -0.4 is 0 Å². The summed E-state index contributed by atoms with van der Waals surface area (Å²) in [6, 6.07) is 88.3. The van der Waals surface area contributed by atoms with Crippen molar-refractivity contribution in [3.63, 3.8) is 0 Å². The van der Waals surface area contributed by atoms with Crippen LogP contribution >= 0.6 is 0 Å². The molecule has 5 heteroatoms. The van der Waals surface area contributed by atoms with E-state index < -0.39 is 0 Å². The second-order valence-corrected chi connectivity index (χ2v) is 17.2. The van der Waals surface area contributed by atoms with Gasteiger partial charge in [-0.2, -0.15) is 9.97 Å². The van der Waals surface area contributed by atoms with Crippen LogP contribution in [0.3, 0.4) is 0 Å². The topological polar surface area (TPSA) is 48.5 Å². The Hall–Kier alpha value is -9.19. The number of hydrogen-bond acceptors (Lipinski definition) is 3. The summed E-state index contributed by atoms with van der Waals surface area (Å²) in [6.45, 7) is 0. The first-order valence-corrected chi connectivity index (χ1v) is 23.0. The SMILES string of the molecule is c1ccc(-c2ccc(-c3nc(-c4ccccc4)nc(-n4c5ccccc5c5ccc6c7ccccc7n(-c7ccc(-c8cccc(-c9ccccc9)c8)cc7-c7ccccc7)c6c54)n3)cc2)cc1. The number of fused-ring (bicyclic) bond motifs is 7. The Balaban J connectivity index is 1.09. The van der Waals surface area contributed by atoms with E-state index in [4.69, 9.17) is 15.0 Å². The average molecular weight is 868 g/mol. The summed E-state index contributed by atoms with van der Waals surface area (Å²) in [5, 5.41) is 4.54. The molecular formula is C63H41N5. The van der Waals surface area contributed by atoms with Crippen molar-refractivity contribution < 1.29 is 0 Å². The van der Waals surface area contributed by atoms with Gasteiger partial charge in [0, 0.05) is 38.2 Å². The molecule has 0 unspecified atom stereocenters. The Morgan fingerprint density at radius 1 is 0.250 bits per heavy atom. The minimum absolute atomic E-state index is 0.549. The van der Waals surface area contributed by atoms with Crippen molar-refractivity contribution in [3.05, 3.63) is 249 Å². The maximum atomic E-state index is 5.41. The van der Waals surface area contributed by atoms with Gasteiger partial charge in [-0.3, -0.25) is 4.57 Å². The number of benzene rings is 10. The van der Waals surface area contributed by atoms with Gasteiger partial charge in [0.2, 0.25) is 5.95 Å². The Morgan fingerprint density at radius 3 is 1.25 bits per heavy atom. The maximum absolute atomic E-state index is 5.41. The van der Waals surface area contributed by atoms with Gasteiger partial charge in [-0.15, -0.1) is 0 Å². The zero-order chi connectivity index (χ0) is 45.0. The van der Waals surface area contributed by atoms with Gasteiger partial charge in [-0.25, -0.2) is 4.98 Å². The van der Waals surface area contributed by atoms with E-state index >= 15 is 0 Å². The molecule has 0 saturated carbocycles. The van der Waals surface area contributed by atoms with Gasteiger partial charge in [0.1, 0.15) is 0 Å². The highest BCUT2D eigenvalue weighted by Crippen LogP contribution is 2.44. The van der Waals surface area contributed by atoms with Crippen molar-refractivity contribution >= 4 is 43.6 Å². The molecule has 0 aliphatic heterocycles. The van der Waals surface area contributed by atoms with E-state index in [0.29, 0.717) is 17.6 Å². The molecule has 0 saturated heterocycles. The van der Waals surface area contributed by atoms with E-state index in [0.717, 1.165) is 88.4 Å². The number of nitrogens with zero attached hydrogens (tertiary/aromatic N) is 5. The second-order valence-electron chi connectivity index (χ2n) is 17.2. The molecule has 0 aliphatic rings. The van der Waals surface area contributed by atoms with Crippen molar-refractivity contribution in [1.29, 1.82) is 0 Å². The molecule has 0 aliphatic carbocycles. The normalized spacial score (nSPS) is 11.5. The second kappa shape index (κ2) is 16.4. The van der Waals surface area contributed by atoms with E-state index in [1.54, 1.807) is 0 Å². The van der Waals surface area contributed by atoms with E-state index in [-0.39, 0.29) is 0 Å². The fourth-order valence-corrected chi connectivity index (χ4v) is 9.98. The molecule has 68 heavy (non-hydrogen) atoms. The van der Waals surface area contributed by atoms with E-state index in [9.17, 15) is 0 Å². The van der Waals surface area contributed by atoms with E-state index in [1.165, 1.54) is 16.5 Å². The summed E-state index contributed by atoms with van der Waals surface area (Å²) in [6.07, 6.45) is 0. The highest BCUT2D eigenvalue weighted by atomic mass is 15.2. The van der Waals surface area contributed by atoms with Gasteiger partial charge in [0.25, 0.3) is 0 Å². The monoisotopic (exact) mass is 867 g/mol. The largest absolute Gasteiger partial charge is 0.307 e. The highest BCUT2D eigenvalue weighted by molar-refractivity contribution is 6.24. The molecule has 3 heterocycles. The standard InChI is InChI=1S/C63H41N5/c1-5-18-42(19-6-1)44-32-34-47(35-33-44)62-64-61(46-24-11-4-12-25-46)65-63(66-62)68-57-31-16-14-29-52(57)54-38-37-53-51-28-13-15-30-56(51)67(59(53)60(54)68)58-39-36-50(41-55(58)45-22-9-3-10-23-45)49-27-17-26-48(40-49)43-20-7-2-8-21-43/h1-41H. The molecule has 5 nitrogen and oxygen atoms in total. The molecule has 0 bridgehead atoms. The van der Waals surface area contributed by atoms with Crippen molar-refractivity contribution in [2.75, 3.05) is 0 Å². The Morgan fingerprint density at radius 2 is 0.647 bits per heavy atom. The summed E-state index contributed by atoms with van der Waals surface area (Å²) in [7, 11) is 0. The van der Waals surface area contributed by atoms with Crippen LogP contribution in [0, 0.1) is 0 Å². The van der Waals surface area contributed by atoms with Crippen LogP contribution in [0.1, 0.15) is 0 Å². The van der Waals surface area contributed by atoms with Gasteiger partial charge in [-0.1, -0.05) is 218 Å². The molecule has 0 amide bonds. The van der Waals surface area contributed by atoms with Crippen molar-refractivity contribution in [1.82, 2.24) is 24.1 Å². The lowest BCUT2D eigenvalue weighted by Crippen LogP contribution is -2.07. The Labute approximate surface area is 393 Å². The number of para-hydroxylation sites is 2. The van der Waals surface area contributed by atoms with E-state index in [1.807, 2.05) is 24.3 Å². The van der Waals surface area contributed by atoms with Crippen molar-refractivity contribution in [2.45, 2.75) is 0 Å². The fourth-order valence-electron chi connectivity index (χ4n) is 9.98. The number of rotatable bonds is 8. The summed E-state index contributed by atoms with van der Waals surface area (Å²) in [5.74, 6) is 1.76. The molecule has 318 valence electrons. The lowest BCUT2D eigenvalue weighted by Gasteiger charge is -2.17. The molecule has 10 aromatic carbocycles. The van der Waals surface area contributed by atoms with Crippen LogP contribution in [0.5, 0.6) is 0 Å². The minimum atomic E-state index is 0.549. The van der Waals surface area contributed by atoms with Crippen LogP contribution in [0.4, 0.5) is 0 Å². The smallest absolute Gasteiger partial charge is 0.238 e. The molecular weight excluding hydrogens is 827 g/mol. The predicted molar refractivity (Wildman–Crippen MR) is 281 cm³/mol. The third-order valence-corrected chi connectivity index (χ3v) is 13.2. The van der Waals surface area contributed by atoms with Crippen LogP contribution in [0.25, 0.3) is 123 Å². The quantitative estimate of drug-likeness (QED) is 0.153. The van der Waals surface area contributed by atoms with Gasteiger partial charge in [-0.05, 0) is 69.3 Å². The predicted octanol–water partition coefficient (Wildman–Crippen LogP) is 16.1. The number of hydrogen-bond donors (Lipinski definition) is 0. The van der Waals surface area contributed by atoms with Gasteiger partial charge < -0.3 is 4.57 Å².